The Hall–Kier alpha value is -0.910. The van der Waals surface area contributed by atoms with Crippen LogP contribution in [0.3, 0.4) is 0 Å². The molecule has 0 saturated carbocycles. The molecule has 0 saturated heterocycles. The summed E-state index contributed by atoms with van der Waals surface area (Å²) in [6.07, 6.45) is -5.62. The zero-order valence-electron chi connectivity index (χ0n) is 8.07. The van der Waals surface area contributed by atoms with Gasteiger partial charge in [0, 0.05) is 13.5 Å². The van der Waals surface area contributed by atoms with Crippen LogP contribution in [0.1, 0.15) is 6.42 Å². The highest BCUT2D eigenvalue weighted by atomic mass is 19.4. The van der Waals surface area contributed by atoms with E-state index in [1.807, 2.05) is 0 Å². The van der Waals surface area contributed by atoms with Crippen LogP contribution >= 0.6 is 0 Å². The minimum absolute atomic E-state index is 0.0660. The van der Waals surface area contributed by atoms with Crippen molar-refractivity contribution >= 4 is 0 Å². The van der Waals surface area contributed by atoms with Gasteiger partial charge in [0.05, 0.1) is 0 Å². The lowest BCUT2D eigenvalue weighted by Gasteiger charge is -2.37. The van der Waals surface area contributed by atoms with Crippen LogP contribution in [0.25, 0.3) is 0 Å². The number of allylic oxidation sites excluding steroid dienone is 1. The molecule has 0 amide bonds. The van der Waals surface area contributed by atoms with Crippen molar-refractivity contribution in [3.8, 4) is 0 Å². The number of rotatable bonds is 5. The van der Waals surface area contributed by atoms with Gasteiger partial charge in [0.1, 0.15) is 0 Å². The minimum atomic E-state index is -5.24. The van der Waals surface area contributed by atoms with Crippen molar-refractivity contribution in [1.29, 1.82) is 0 Å². The maximum atomic E-state index is 13.3. The fourth-order valence-electron chi connectivity index (χ4n) is 1.15. The van der Waals surface area contributed by atoms with E-state index < -0.39 is 24.1 Å². The van der Waals surface area contributed by atoms with Crippen molar-refractivity contribution in [3.05, 3.63) is 25.3 Å². The van der Waals surface area contributed by atoms with E-state index in [9.17, 15) is 22.0 Å². The lowest BCUT2D eigenvalue weighted by atomic mass is 9.92. The average molecular weight is 230 g/mol. The molecule has 1 nitrogen and oxygen atoms in total. The van der Waals surface area contributed by atoms with E-state index in [1.165, 1.54) is 0 Å². The SMILES string of the molecule is C=CCC(F)(F)C(C=C)(OC)C(F)(F)F. The molecule has 0 fully saturated rings. The topological polar surface area (TPSA) is 9.23 Å². The second kappa shape index (κ2) is 4.30. The van der Waals surface area contributed by atoms with Crippen LogP contribution < -0.4 is 0 Å². The largest absolute Gasteiger partial charge is 0.427 e. The molecule has 0 spiro atoms. The van der Waals surface area contributed by atoms with Crippen molar-refractivity contribution in [3.63, 3.8) is 0 Å². The fourth-order valence-corrected chi connectivity index (χ4v) is 1.15. The van der Waals surface area contributed by atoms with Crippen LogP contribution in [0.4, 0.5) is 22.0 Å². The Kier molecular flexibility index (Phi) is 4.04. The first kappa shape index (κ1) is 14.1. The van der Waals surface area contributed by atoms with E-state index in [0.717, 1.165) is 0 Å². The Morgan fingerprint density at radius 3 is 1.80 bits per heavy atom. The van der Waals surface area contributed by atoms with Crippen LogP contribution in [0, 0.1) is 0 Å². The Bertz CT molecular complexity index is 245. The standard InChI is InChI=1S/C9H11F5O/c1-4-6-8(10,11)7(5-2,15-3)9(12,13)14/h4-5H,1-2,6H2,3H3. The minimum Gasteiger partial charge on any atom is -0.360 e. The average Bonchev–Trinajstić information content (AvgIpc) is 2.03. The molecule has 0 bridgehead atoms. The highest BCUT2D eigenvalue weighted by Crippen LogP contribution is 2.47. The monoisotopic (exact) mass is 230 g/mol. The first-order valence-corrected chi connectivity index (χ1v) is 3.92. The Morgan fingerprint density at radius 1 is 1.13 bits per heavy atom. The lowest BCUT2D eigenvalue weighted by molar-refractivity contribution is -0.317. The van der Waals surface area contributed by atoms with Crippen molar-refractivity contribution in [2.45, 2.75) is 24.1 Å². The van der Waals surface area contributed by atoms with E-state index in [2.05, 4.69) is 17.9 Å². The van der Waals surface area contributed by atoms with Gasteiger partial charge in [-0.15, -0.1) is 6.58 Å². The van der Waals surface area contributed by atoms with E-state index in [0.29, 0.717) is 13.2 Å². The molecule has 0 aromatic heterocycles. The van der Waals surface area contributed by atoms with Gasteiger partial charge < -0.3 is 4.74 Å². The van der Waals surface area contributed by atoms with Gasteiger partial charge in [0.15, 0.2) is 0 Å². The molecule has 88 valence electrons. The third kappa shape index (κ3) is 2.19. The van der Waals surface area contributed by atoms with Gasteiger partial charge in [0.2, 0.25) is 5.60 Å². The first-order chi connectivity index (χ1) is 6.68. The van der Waals surface area contributed by atoms with Gasteiger partial charge in [-0.2, -0.15) is 13.2 Å². The summed E-state index contributed by atoms with van der Waals surface area (Å²) in [5.74, 6) is -4.14. The molecule has 0 aliphatic heterocycles. The van der Waals surface area contributed by atoms with Gasteiger partial charge in [-0.1, -0.05) is 12.7 Å². The second-order valence-electron chi connectivity index (χ2n) is 2.84. The highest BCUT2D eigenvalue weighted by molar-refractivity contribution is 5.13. The van der Waals surface area contributed by atoms with Crippen molar-refractivity contribution < 1.29 is 26.7 Å². The van der Waals surface area contributed by atoms with E-state index in [4.69, 9.17) is 0 Å². The van der Waals surface area contributed by atoms with Gasteiger partial charge in [-0.3, -0.25) is 0 Å². The number of hydrogen-bond donors (Lipinski definition) is 0. The maximum Gasteiger partial charge on any atom is 0.427 e. The molecular formula is C9H11F5O. The van der Waals surface area contributed by atoms with Crippen LogP contribution in [-0.4, -0.2) is 24.8 Å². The summed E-state index contributed by atoms with van der Waals surface area (Å²) in [7, 11) is 0.562. The third-order valence-electron chi connectivity index (χ3n) is 1.97. The quantitative estimate of drug-likeness (QED) is 0.520. The molecule has 0 heterocycles. The van der Waals surface area contributed by atoms with Crippen molar-refractivity contribution in [1.82, 2.24) is 0 Å². The molecular weight excluding hydrogens is 219 g/mol. The first-order valence-electron chi connectivity index (χ1n) is 3.92. The van der Waals surface area contributed by atoms with Crippen molar-refractivity contribution in [2.75, 3.05) is 7.11 Å². The van der Waals surface area contributed by atoms with Crippen LogP contribution in [0.2, 0.25) is 0 Å². The second-order valence-corrected chi connectivity index (χ2v) is 2.84. The maximum absolute atomic E-state index is 13.3. The number of ether oxygens (including phenoxy) is 1. The summed E-state index contributed by atoms with van der Waals surface area (Å²) in [5, 5.41) is 0. The molecule has 0 rings (SSSR count). The summed E-state index contributed by atoms with van der Waals surface area (Å²) in [4.78, 5) is 0. The highest BCUT2D eigenvalue weighted by Gasteiger charge is 2.68. The van der Waals surface area contributed by atoms with Gasteiger partial charge >= 0.3 is 6.18 Å². The number of alkyl halides is 5. The predicted octanol–water partition coefficient (Wildman–Crippen LogP) is 3.33. The molecule has 0 radical (unpaired) electrons. The predicted molar refractivity (Wildman–Crippen MR) is 45.8 cm³/mol. The molecule has 6 heteroatoms. The summed E-state index contributed by atoms with van der Waals surface area (Å²) < 4.78 is 67.9. The smallest absolute Gasteiger partial charge is 0.360 e. The zero-order valence-corrected chi connectivity index (χ0v) is 8.07. The van der Waals surface area contributed by atoms with E-state index >= 15 is 0 Å². The zero-order chi connectivity index (χ0) is 12.3. The normalized spacial score (nSPS) is 16.9. The van der Waals surface area contributed by atoms with Crippen LogP contribution in [-0.2, 0) is 4.74 Å². The van der Waals surface area contributed by atoms with Crippen molar-refractivity contribution in [2.24, 2.45) is 0 Å². The number of methoxy groups -OCH3 is 1. The third-order valence-corrected chi connectivity index (χ3v) is 1.97. The Morgan fingerprint density at radius 2 is 1.60 bits per heavy atom. The molecule has 0 aromatic carbocycles. The molecule has 0 aliphatic rings. The Balaban J connectivity index is 5.46. The molecule has 1 atom stereocenters. The molecule has 0 aromatic rings. The summed E-state index contributed by atoms with van der Waals surface area (Å²) >= 11 is 0. The number of hydrogen-bond acceptors (Lipinski definition) is 1. The summed E-state index contributed by atoms with van der Waals surface area (Å²) in [5.41, 5.74) is -3.67. The van der Waals surface area contributed by atoms with Crippen LogP contribution in [0.5, 0.6) is 0 Å². The van der Waals surface area contributed by atoms with E-state index in [-0.39, 0.29) is 6.08 Å². The molecule has 0 aliphatic carbocycles. The van der Waals surface area contributed by atoms with Gasteiger partial charge in [0.25, 0.3) is 5.92 Å². The summed E-state index contributed by atoms with van der Waals surface area (Å²) in [6.45, 7) is 5.73. The molecule has 15 heavy (non-hydrogen) atoms. The molecule has 0 N–H and O–H groups in total. The van der Waals surface area contributed by atoms with E-state index in [1.54, 1.807) is 0 Å². The molecule has 1 unspecified atom stereocenters. The van der Waals surface area contributed by atoms with Gasteiger partial charge in [-0.05, 0) is 6.08 Å². The lowest BCUT2D eigenvalue weighted by Crippen LogP contribution is -2.58. The van der Waals surface area contributed by atoms with Crippen LogP contribution in [0.15, 0.2) is 25.3 Å². The number of halogens is 5. The fraction of sp³-hybridized carbons (Fsp3) is 0.556. The Labute approximate surface area is 84.2 Å². The summed E-state index contributed by atoms with van der Waals surface area (Å²) in [6, 6.07) is 0. The van der Waals surface area contributed by atoms with Gasteiger partial charge in [-0.25, -0.2) is 8.78 Å².